The minimum Gasteiger partial charge on any atom is -0.478 e. The summed E-state index contributed by atoms with van der Waals surface area (Å²) in [5.41, 5.74) is 1.26. The molecule has 0 saturated carbocycles. The van der Waals surface area contributed by atoms with Crippen LogP contribution in [0, 0.1) is 0 Å². The van der Waals surface area contributed by atoms with Crippen LogP contribution in [0.3, 0.4) is 0 Å². The van der Waals surface area contributed by atoms with E-state index in [0.717, 1.165) is 5.56 Å². The lowest BCUT2D eigenvalue weighted by molar-refractivity contribution is -0.200. The molecule has 1 aromatic rings. The van der Waals surface area contributed by atoms with Gasteiger partial charge in [0.15, 0.2) is 6.10 Å². The lowest BCUT2D eigenvalue weighted by atomic mass is 10.1. The van der Waals surface area contributed by atoms with Crippen LogP contribution in [-0.2, 0) is 6.42 Å². The monoisotopic (exact) mass is 275 g/mol. The van der Waals surface area contributed by atoms with Gasteiger partial charge in [-0.05, 0) is 24.1 Å². The summed E-state index contributed by atoms with van der Waals surface area (Å²) >= 11 is 0. The van der Waals surface area contributed by atoms with Crippen molar-refractivity contribution in [2.75, 3.05) is 18.0 Å². The number of halogens is 3. The number of β-amino-alcohol motifs (C(OH)–C–C–N with tert-alkyl or cyclic N) is 1. The van der Waals surface area contributed by atoms with Gasteiger partial charge in [-0.2, -0.15) is 13.2 Å². The quantitative estimate of drug-likeness (QED) is 0.881. The van der Waals surface area contributed by atoms with E-state index >= 15 is 0 Å². The van der Waals surface area contributed by atoms with Gasteiger partial charge in [0.1, 0.15) is 0 Å². The minimum atomic E-state index is -4.67. The molecule has 0 spiro atoms. The van der Waals surface area contributed by atoms with E-state index < -0.39 is 24.8 Å². The van der Waals surface area contributed by atoms with E-state index in [-0.39, 0.29) is 5.56 Å². The number of aliphatic hydroxyl groups excluding tert-OH is 1. The molecule has 2 rings (SSSR count). The number of nitrogens with zero attached hydrogens (tertiary/aromatic N) is 1. The Hall–Kier alpha value is -1.76. The molecule has 104 valence electrons. The first kappa shape index (κ1) is 13.7. The van der Waals surface area contributed by atoms with Crippen LogP contribution in [0.25, 0.3) is 0 Å². The van der Waals surface area contributed by atoms with Gasteiger partial charge in [-0.15, -0.1) is 0 Å². The second kappa shape index (κ2) is 4.73. The SMILES string of the molecule is O=C(O)c1ccc2c(c1)N(CC(O)C(F)(F)F)CC2. The molecule has 1 aromatic carbocycles. The summed E-state index contributed by atoms with van der Waals surface area (Å²) in [7, 11) is 0. The highest BCUT2D eigenvalue weighted by Crippen LogP contribution is 2.31. The number of carboxylic acids is 1. The van der Waals surface area contributed by atoms with Crippen molar-refractivity contribution in [3.8, 4) is 0 Å². The maximum Gasteiger partial charge on any atom is 0.416 e. The molecular formula is C12H12F3NO3. The summed E-state index contributed by atoms with van der Waals surface area (Å²) in [5, 5.41) is 17.9. The van der Waals surface area contributed by atoms with E-state index in [1.807, 2.05) is 0 Å². The number of rotatable bonds is 3. The zero-order valence-electron chi connectivity index (χ0n) is 9.81. The fraction of sp³-hybridized carbons (Fsp3) is 0.417. The summed E-state index contributed by atoms with van der Waals surface area (Å²) < 4.78 is 36.9. The van der Waals surface area contributed by atoms with Crippen molar-refractivity contribution in [2.24, 2.45) is 0 Å². The smallest absolute Gasteiger partial charge is 0.416 e. The Morgan fingerprint density at radius 1 is 1.42 bits per heavy atom. The number of alkyl halides is 3. The summed E-state index contributed by atoms with van der Waals surface area (Å²) in [5.74, 6) is -1.13. The van der Waals surface area contributed by atoms with Gasteiger partial charge in [-0.3, -0.25) is 0 Å². The number of anilines is 1. The van der Waals surface area contributed by atoms with E-state index in [2.05, 4.69) is 0 Å². The van der Waals surface area contributed by atoms with Crippen LogP contribution in [0.4, 0.5) is 18.9 Å². The van der Waals surface area contributed by atoms with Crippen LogP contribution < -0.4 is 4.90 Å². The Morgan fingerprint density at radius 3 is 2.68 bits per heavy atom. The summed E-state index contributed by atoms with van der Waals surface area (Å²) in [6.07, 6.45) is -6.57. The molecule has 1 aliphatic heterocycles. The van der Waals surface area contributed by atoms with Crippen molar-refractivity contribution in [3.63, 3.8) is 0 Å². The molecule has 7 heteroatoms. The van der Waals surface area contributed by atoms with Crippen LogP contribution in [0.5, 0.6) is 0 Å². The molecule has 1 aliphatic rings. The van der Waals surface area contributed by atoms with E-state index in [4.69, 9.17) is 10.2 Å². The zero-order chi connectivity index (χ0) is 14.2. The predicted octanol–water partition coefficient (Wildman–Crippen LogP) is 1.67. The molecule has 0 bridgehead atoms. The lowest BCUT2D eigenvalue weighted by Crippen LogP contribution is -2.40. The molecule has 0 fully saturated rings. The highest BCUT2D eigenvalue weighted by molar-refractivity contribution is 5.89. The number of aromatic carboxylic acids is 1. The number of fused-ring (bicyclic) bond motifs is 1. The molecule has 19 heavy (non-hydrogen) atoms. The summed E-state index contributed by atoms with van der Waals surface area (Å²) in [6.45, 7) is -0.245. The van der Waals surface area contributed by atoms with Gasteiger partial charge in [0.2, 0.25) is 0 Å². The summed E-state index contributed by atoms with van der Waals surface area (Å²) in [6, 6.07) is 4.36. The van der Waals surface area contributed by atoms with E-state index in [9.17, 15) is 18.0 Å². The van der Waals surface area contributed by atoms with Crippen molar-refractivity contribution in [1.29, 1.82) is 0 Å². The van der Waals surface area contributed by atoms with Crippen LogP contribution in [-0.4, -0.2) is 41.6 Å². The Labute approximate surface area is 107 Å². The second-order valence-electron chi connectivity index (χ2n) is 4.40. The Morgan fingerprint density at radius 2 is 2.11 bits per heavy atom. The Kier molecular flexibility index (Phi) is 3.40. The topological polar surface area (TPSA) is 60.8 Å². The van der Waals surface area contributed by atoms with E-state index in [0.29, 0.717) is 18.7 Å². The van der Waals surface area contributed by atoms with Crippen molar-refractivity contribution >= 4 is 11.7 Å². The number of benzene rings is 1. The van der Waals surface area contributed by atoms with Crippen LogP contribution >= 0.6 is 0 Å². The van der Waals surface area contributed by atoms with Gasteiger partial charge >= 0.3 is 12.1 Å². The van der Waals surface area contributed by atoms with Crippen molar-refractivity contribution < 1.29 is 28.2 Å². The zero-order valence-corrected chi connectivity index (χ0v) is 9.81. The van der Waals surface area contributed by atoms with Gasteiger partial charge in [0.05, 0.1) is 12.1 Å². The standard InChI is InChI=1S/C12H12F3NO3/c13-12(14,15)10(17)6-16-4-3-7-1-2-8(11(18)19)5-9(7)16/h1-2,5,10,17H,3-4,6H2,(H,18,19). The first-order valence-corrected chi connectivity index (χ1v) is 5.65. The third-order valence-electron chi connectivity index (χ3n) is 3.10. The molecule has 0 amide bonds. The summed E-state index contributed by atoms with van der Waals surface area (Å²) in [4.78, 5) is 12.2. The van der Waals surface area contributed by atoms with Gasteiger partial charge in [-0.1, -0.05) is 6.07 Å². The largest absolute Gasteiger partial charge is 0.478 e. The number of aliphatic hydroxyl groups is 1. The Bertz CT molecular complexity index is 501. The fourth-order valence-electron chi connectivity index (χ4n) is 2.08. The first-order chi connectivity index (χ1) is 8.79. The predicted molar refractivity (Wildman–Crippen MR) is 61.4 cm³/mol. The minimum absolute atomic E-state index is 0.0205. The fourth-order valence-corrected chi connectivity index (χ4v) is 2.08. The molecule has 4 nitrogen and oxygen atoms in total. The molecule has 1 heterocycles. The highest BCUT2D eigenvalue weighted by atomic mass is 19.4. The number of carboxylic acid groups (broad SMARTS) is 1. The van der Waals surface area contributed by atoms with E-state index in [1.165, 1.54) is 17.0 Å². The van der Waals surface area contributed by atoms with Crippen molar-refractivity contribution in [1.82, 2.24) is 0 Å². The molecule has 0 saturated heterocycles. The number of carbonyl (C=O) groups is 1. The first-order valence-electron chi connectivity index (χ1n) is 5.65. The normalized spacial score (nSPS) is 16.3. The maximum absolute atomic E-state index is 12.3. The second-order valence-corrected chi connectivity index (χ2v) is 4.40. The Balaban J connectivity index is 2.21. The van der Waals surface area contributed by atoms with E-state index in [1.54, 1.807) is 6.07 Å². The van der Waals surface area contributed by atoms with Crippen LogP contribution in [0.2, 0.25) is 0 Å². The number of hydrogen-bond acceptors (Lipinski definition) is 3. The van der Waals surface area contributed by atoms with Crippen LogP contribution in [0.15, 0.2) is 18.2 Å². The average molecular weight is 275 g/mol. The van der Waals surface area contributed by atoms with Crippen LogP contribution in [0.1, 0.15) is 15.9 Å². The third-order valence-corrected chi connectivity index (χ3v) is 3.10. The number of hydrogen-bond donors (Lipinski definition) is 2. The molecular weight excluding hydrogens is 263 g/mol. The molecule has 0 aliphatic carbocycles. The van der Waals surface area contributed by atoms with Crippen molar-refractivity contribution in [2.45, 2.75) is 18.7 Å². The van der Waals surface area contributed by atoms with Gasteiger partial charge < -0.3 is 15.1 Å². The van der Waals surface area contributed by atoms with Gasteiger partial charge in [0, 0.05) is 12.2 Å². The molecule has 2 N–H and O–H groups in total. The molecule has 0 aromatic heterocycles. The highest BCUT2D eigenvalue weighted by Gasteiger charge is 2.40. The average Bonchev–Trinajstić information content (AvgIpc) is 2.70. The molecule has 0 radical (unpaired) electrons. The third kappa shape index (κ3) is 2.81. The lowest BCUT2D eigenvalue weighted by Gasteiger charge is -2.24. The molecule has 1 unspecified atom stereocenters. The maximum atomic E-state index is 12.3. The van der Waals surface area contributed by atoms with Crippen molar-refractivity contribution in [3.05, 3.63) is 29.3 Å². The van der Waals surface area contributed by atoms with Gasteiger partial charge in [0.25, 0.3) is 0 Å². The molecule has 1 atom stereocenters. The van der Waals surface area contributed by atoms with Gasteiger partial charge in [-0.25, -0.2) is 4.79 Å².